The second-order valence-electron chi connectivity index (χ2n) is 9.00. The van der Waals surface area contributed by atoms with Crippen LogP contribution in [-0.2, 0) is 14.3 Å². The van der Waals surface area contributed by atoms with Gasteiger partial charge in [-0.05, 0) is 70.1 Å². The number of aliphatic hydroxyl groups excluding tert-OH is 1. The zero-order valence-corrected chi connectivity index (χ0v) is 22.5. The molecular formula is C28H37N3O6. The van der Waals surface area contributed by atoms with E-state index in [1.807, 2.05) is 6.07 Å². The molecule has 1 aromatic carbocycles. The number of methoxy groups -OCH3 is 1. The predicted octanol–water partition coefficient (Wildman–Crippen LogP) is 3.97. The standard InChI is InChI=1S/C28H37N3O6/c1-7-30(8-2)14-11-15-31-24(19-12-10-13-20(16-19)36-6)22(26(33)27(31)34)25(32)21-17(4)23(29-18(21)5)28(35)37-9-3/h10,12-13,16,24,29,32H,7-9,11,14-15H2,1-6H3. The molecule has 0 spiro atoms. The molecule has 1 unspecified atom stereocenters. The lowest BCUT2D eigenvalue weighted by molar-refractivity contribution is -0.140. The summed E-state index contributed by atoms with van der Waals surface area (Å²) in [6.45, 7) is 12.4. The number of H-pyrrole nitrogens is 1. The van der Waals surface area contributed by atoms with Crippen LogP contribution in [0.4, 0.5) is 0 Å². The third kappa shape index (κ3) is 5.56. The van der Waals surface area contributed by atoms with E-state index in [0.29, 0.717) is 41.1 Å². The Kier molecular flexibility index (Phi) is 9.15. The number of aromatic amines is 1. The summed E-state index contributed by atoms with van der Waals surface area (Å²) in [6, 6.07) is 6.34. The van der Waals surface area contributed by atoms with Crippen molar-refractivity contribution in [2.24, 2.45) is 0 Å². The van der Waals surface area contributed by atoms with Crippen LogP contribution in [0.5, 0.6) is 5.75 Å². The van der Waals surface area contributed by atoms with Crippen LogP contribution >= 0.6 is 0 Å². The number of aliphatic hydroxyl groups is 1. The molecule has 1 fully saturated rings. The van der Waals surface area contributed by atoms with Crippen LogP contribution in [0.15, 0.2) is 29.8 Å². The summed E-state index contributed by atoms with van der Waals surface area (Å²) in [6.07, 6.45) is 0.671. The summed E-state index contributed by atoms with van der Waals surface area (Å²) in [7, 11) is 1.55. The number of nitrogens with zero attached hydrogens (tertiary/aromatic N) is 2. The summed E-state index contributed by atoms with van der Waals surface area (Å²) < 4.78 is 10.5. The van der Waals surface area contributed by atoms with Gasteiger partial charge in [0.1, 0.15) is 17.2 Å². The van der Waals surface area contributed by atoms with Gasteiger partial charge in [-0.15, -0.1) is 0 Å². The number of benzene rings is 1. The van der Waals surface area contributed by atoms with Crippen LogP contribution in [0.1, 0.15) is 66.1 Å². The highest BCUT2D eigenvalue weighted by Gasteiger charge is 2.46. The lowest BCUT2D eigenvalue weighted by Gasteiger charge is -2.27. The predicted molar refractivity (Wildman–Crippen MR) is 141 cm³/mol. The molecule has 1 atom stereocenters. The number of hydrogen-bond acceptors (Lipinski definition) is 7. The number of rotatable bonds is 11. The summed E-state index contributed by atoms with van der Waals surface area (Å²) in [5.41, 5.74) is 2.10. The molecule has 3 rings (SSSR count). The molecular weight excluding hydrogens is 474 g/mol. The van der Waals surface area contributed by atoms with E-state index in [1.165, 1.54) is 4.90 Å². The summed E-state index contributed by atoms with van der Waals surface area (Å²) in [4.78, 5) is 45.8. The molecule has 2 N–H and O–H groups in total. The molecule has 2 aromatic rings. The molecule has 1 aliphatic heterocycles. The third-order valence-electron chi connectivity index (χ3n) is 6.87. The summed E-state index contributed by atoms with van der Waals surface area (Å²) in [5.74, 6) is -1.72. The largest absolute Gasteiger partial charge is 0.507 e. The van der Waals surface area contributed by atoms with Crippen molar-refractivity contribution in [1.82, 2.24) is 14.8 Å². The molecule has 0 saturated carbocycles. The van der Waals surface area contributed by atoms with Gasteiger partial charge in [0.15, 0.2) is 0 Å². The average Bonchev–Trinajstić information content (AvgIpc) is 3.33. The highest BCUT2D eigenvalue weighted by Crippen LogP contribution is 2.41. The number of likely N-dealkylation sites (tertiary alicyclic amines) is 1. The number of carbonyl (C=O) groups is 3. The molecule has 9 nitrogen and oxygen atoms in total. The van der Waals surface area contributed by atoms with Crippen LogP contribution in [0, 0.1) is 13.8 Å². The van der Waals surface area contributed by atoms with E-state index in [2.05, 4.69) is 23.7 Å². The van der Waals surface area contributed by atoms with Crippen LogP contribution in [0.3, 0.4) is 0 Å². The van der Waals surface area contributed by atoms with Crippen molar-refractivity contribution < 1.29 is 29.0 Å². The van der Waals surface area contributed by atoms with Gasteiger partial charge in [-0.2, -0.15) is 0 Å². The number of aryl methyl sites for hydroxylation is 1. The average molecular weight is 512 g/mol. The Labute approximate surface area is 218 Å². The van der Waals surface area contributed by atoms with Crippen molar-refractivity contribution in [3.8, 4) is 5.75 Å². The minimum absolute atomic E-state index is 0.0123. The molecule has 1 saturated heterocycles. The fourth-order valence-electron chi connectivity index (χ4n) is 4.92. The summed E-state index contributed by atoms with van der Waals surface area (Å²) >= 11 is 0. The molecule has 37 heavy (non-hydrogen) atoms. The van der Waals surface area contributed by atoms with Crippen molar-refractivity contribution in [3.63, 3.8) is 0 Å². The highest BCUT2D eigenvalue weighted by atomic mass is 16.5. The fourth-order valence-corrected chi connectivity index (χ4v) is 4.92. The molecule has 9 heteroatoms. The SMILES string of the molecule is CCOC(=O)c1[nH]c(C)c(C(O)=C2C(=O)C(=O)N(CCCN(CC)CC)C2c2cccc(OC)c2)c1C. The van der Waals surface area contributed by atoms with E-state index >= 15 is 0 Å². The maximum absolute atomic E-state index is 13.4. The van der Waals surface area contributed by atoms with Crippen molar-refractivity contribution in [2.75, 3.05) is 39.9 Å². The van der Waals surface area contributed by atoms with Crippen molar-refractivity contribution in [1.29, 1.82) is 0 Å². The van der Waals surface area contributed by atoms with Gasteiger partial charge < -0.3 is 29.4 Å². The van der Waals surface area contributed by atoms with Crippen LogP contribution in [-0.4, -0.2) is 77.4 Å². The molecule has 0 aliphatic carbocycles. The van der Waals surface area contributed by atoms with Crippen LogP contribution < -0.4 is 4.74 Å². The molecule has 0 bridgehead atoms. The first-order chi connectivity index (χ1) is 17.7. The first kappa shape index (κ1) is 28.0. The maximum atomic E-state index is 13.4. The first-order valence-electron chi connectivity index (χ1n) is 12.7. The van der Waals surface area contributed by atoms with E-state index in [-0.39, 0.29) is 23.6 Å². The van der Waals surface area contributed by atoms with Crippen molar-refractivity contribution in [2.45, 2.75) is 47.1 Å². The van der Waals surface area contributed by atoms with E-state index in [9.17, 15) is 19.5 Å². The fraction of sp³-hybridized carbons (Fsp3) is 0.464. The van der Waals surface area contributed by atoms with Gasteiger partial charge >= 0.3 is 5.97 Å². The number of Topliss-reactive ketones (excluding diaryl/α,β-unsaturated/α-hetero) is 1. The van der Waals surface area contributed by atoms with E-state index in [0.717, 1.165) is 19.6 Å². The Balaban J connectivity index is 2.13. The normalized spacial score (nSPS) is 17.1. The number of nitrogens with one attached hydrogen (secondary N) is 1. The minimum atomic E-state index is -0.799. The monoisotopic (exact) mass is 511 g/mol. The van der Waals surface area contributed by atoms with Crippen LogP contribution in [0.25, 0.3) is 5.76 Å². The van der Waals surface area contributed by atoms with Crippen LogP contribution in [0.2, 0.25) is 0 Å². The highest BCUT2D eigenvalue weighted by molar-refractivity contribution is 6.46. The summed E-state index contributed by atoms with van der Waals surface area (Å²) in [5, 5.41) is 11.5. The number of ketones is 1. The Morgan fingerprint density at radius 1 is 1.16 bits per heavy atom. The number of ether oxygens (including phenoxy) is 2. The molecule has 200 valence electrons. The van der Waals surface area contributed by atoms with Gasteiger partial charge in [0, 0.05) is 17.8 Å². The third-order valence-corrected chi connectivity index (χ3v) is 6.87. The number of carbonyl (C=O) groups excluding carboxylic acids is 3. The molecule has 2 heterocycles. The van der Waals surface area contributed by atoms with Gasteiger partial charge in [-0.3, -0.25) is 9.59 Å². The van der Waals surface area contributed by atoms with Gasteiger partial charge in [0.05, 0.1) is 25.3 Å². The van der Waals surface area contributed by atoms with Gasteiger partial charge in [0.2, 0.25) is 0 Å². The first-order valence-corrected chi connectivity index (χ1v) is 12.7. The molecule has 1 aromatic heterocycles. The van der Waals surface area contributed by atoms with E-state index in [1.54, 1.807) is 46.1 Å². The number of amides is 1. The molecule has 1 aliphatic rings. The van der Waals surface area contributed by atoms with E-state index in [4.69, 9.17) is 9.47 Å². The zero-order valence-electron chi connectivity index (χ0n) is 22.5. The quantitative estimate of drug-likeness (QED) is 0.203. The topological polar surface area (TPSA) is 112 Å². The second-order valence-corrected chi connectivity index (χ2v) is 9.00. The van der Waals surface area contributed by atoms with Crippen molar-refractivity contribution in [3.05, 3.63) is 57.9 Å². The van der Waals surface area contributed by atoms with Crippen molar-refractivity contribution >= 4 is 23.4 Å². The Hall–Kier alpha value is -3.59. The smallest absolute Gasteiger partial charge is 0.355 e. The lowest BCUT2D eigenvalue weighted by atomic mass is 9.94. The maximum Gasteiger partial charge on any atom is 0.355 e. The number of aromatic nitrogens is 1. The number of hydrogen-bond donors (Lipinski definition) is 2. The molecule has 1 amide bonds. The Morgan fingerprint density at radius 3 is 2.49 bits per heavy atom. The Morgan fingerprint density at radius 2 is 1.86 bits per heavy atom. The van der Waals surface area contributed by atoms with E-state index < -0.39 is 23.7 Å². The minimum Gasteiger partial charge on any atom is -0.507 e. The number of esters is 1. The zero-order chi connectivity index (χ0) is 27.3. The Bertz CT molecular complexity index is 1190. The lowest BCUT2D eigenvalue weighted by Crippen LogP contribution is -2.33. The molecule has 0 radical (unpaired) electrons. The van der Waals surface area contributed by atoms with Gasteiger partial charge in [-0.1, -0.05) is 26.0 Å². The second kappa shape index (κ2) is 12.1. The van der Waals surface area contributed by atoms with Gasteiger partial charge in [-0.25, -0.2) is 4.79 Å². The van der Waals surface area contributed by atoms with Gasteiger partial charge in [0.25, 0.3) is 11.7 Å².